The van der Waals surface area contributed by atoms with Gasteiger partial charge in [0.05, 0.1) is 43.1 Å². The summed E-state index contributed by atoms with van der Waals surface area (Å²) in [5.74, 6) is 1.43. The molecule has 5 rings (SSSR count). The van der Waals surface area contributed by atoms with Crippen molar-refractivity contribution in [2.24, 2.45) is 4.99 Å². The highest BCUT2D eigenvalue weighted by Gasteiger charge is 2.36. The first kappa shape index (κ1) is 23.8. The van der Waals surface area contributed by atoms with Crippen molar-refractivity contribution in [3.05, 3.63) is 52.9 Å². The molecule has 0 saturated carbocycles. The number of hydrogen-bond donors (Lipinski definition) is 0. The molecule has 0 N–H and O–H groups in total. The Morgan fingerprint density at radius 1 is 1.09 bits per heavy atom. The maximum atomic E-state index is 13.5. The van der Waals surface area contributed by atoms with Crippen molar-refractivity contribution in [2.45, 2.75) is 31.8 Å². The van der Waals surface area contributed by atoms with Gasteiger partial charge in [0.2, 0.25) is 0 Å². The lowest BCUT2D eigenvalue weighted by atomic mass is 10.1. The van der Waals surface area contributed by atoms with Crippen LogP contribution in [0.15, 0.2) is 52.4 Å². The van der Waals surface area contributed by atoms with E-state index < -0.39 is 0 Å². The van der Waals surface area contributed by atoms with Gasteiger partial charge in [-0.3, -0.25) is 9.69 Å². The Morgan fingerprint density at radius 3 is 2.54 bits per heavy atom. The van der Waals surface area contributed by atoms with Gasteiger partial charge in [-0.05, 0) is 61.7 Å². The number of methoxy groups -OCH3 is 2. The summed E-state index contributed by atoms with van der Waals surface area (Å²) in [6.07, 6.45) is 6.24. The second kappa shape index (κ2) is 10.7. The summed E-state index contributed by atoms with van der Waals surface area (Å²) < 4.78 is 17.3. The number of aliphatic imine (C=N–C) groups is 1. The molecule has 0 aromatic heterocycles. The summed E-state index contributed by atoms with van der Waals surface area (Å²) >= 11 is 1.39. The number of thioether (sulfide) groups is 1. The number of rotatable bonds is 7. The van der Waals surface area contributed by atoms with Crippen molar-refractivity contribution in [1.82, 2.24) is 4.90 Å². The normalized spacial score (nSPS) is 22.6. The van der Waals surface area contributed by atoms with Crippen molar-refractivity contribution < 1.29 is 19.0 Å². The second-order valence-electron chi connectivity index (χ2n) is 8.85. The molecule has 0 unspecified atom stereocenters. The fourth-order valence-corrected chi connectivity index (χ4v) is 5.72. The number of carbonyl (C=O) groups is 1. The van der Waals surface area contributed by atoms with E-state index in [-0.39, 0.29) is 12.0 Å². The third kappa shape index (κ3) is 5.18. The van der Waals surface area contributed by atoms with Crippen LogP contribution in [-0.2, 0) is 9.53 Å². The number of carbonyl (C=O) groups excluding carboxylic acids is 1. The molecule has 0 radical (unpaired) electrons. The van der Waals surface area contributed by atoms with Crippen LogP contribution in [0, 0.1) is 0 Å². The number of anilines is 1. The molecular formula is C27H31N3O4S. The molecule has 184 valence electrons. The zero-order valence-corrected chi connectivity index (χ0v) is 21.1. The number of nitrogens with zero attached hydrogens (tertiary/aromatic N) is 3. The minimum atomic E-state index is -0.0650. The summed E-state index contributed by atoms with van der Waals surface area (Å²) in [6, 6.07) is 13.7. The lowest BCUT2D eigenvalue weighted by molar-refractivity contribution is -0.123. The van der Waals surface area contributed by atoms with Crippen molar-refractivity contribution in [1.29, 1.82) is 0 Å². The Kier molecular flexibility index (Phi) is 7.29. The minimum absolute atomic E-state index is 0.0363. The van der Waals surface area contributed by atoms with E-state index in [1.165, 1.54) is 24.6 Å². The summed E-state index contributed by atoms with van der Waals surface area (Å²) in [6.45, 7) is 3.26. The van der Waals surface area contributed by atoms with Gasteiger partial charge in [0, 0.05) is 31.3 Å². The van der Waals surface area contributed by atoms with Gasteiger partial charge in [-0.15, -0.1) is 0 Å². The molecule has 8 heteroatoms. The largest absolute Gasteiger partial charge is 0.496 e. The van der Waals surface area contributed by atoms with E-state index in [1.807, 2.05) is 48.5 Å². The Labute approximate surface area is 210 Å². The van der Waals surface area contributed by atoms with Gasteiger partial charge in [0.15, 0.2) is 5.17 Å². The fourth-order valence-electron chi connectivity index (χ4n) is 4.72. The quantitative estimate of drug-likeness (QED) is 0.501. The summed E-state index contributed by atoms with van der Waals surface area (Å²) in [4.78, 5) is 23.0. The molecule has 1 amide bonds. The van der Waals surface area contributed by atoms with Crippen LogP contribution in [0.5, 0.6) is 11.5 Å². The van der Waals surface area contributed by atoms with E-state index in [0.29, 0.717) is 22.4 Å². The van der Waals surface area contributed by atoms with Crippen LogP contribution in [0.25, 0.3) is 6.08 Å². The van der Waals surface area contributed by atoms with E-state index in [9.17, 15) is 4.79 Å². The number of hydrogen-bond acceptors (Lipinski definition) is 7. The minimum Gasteiger partial charge on any atom is -0.496 e. The van der Waals surface area contributed by atoms with Gasteiger partial charge in [-0.1, -0.05) is 18.2 Å². The zero-order chi connectivity index (χ0) is 24.2. The molecule has 3 saturated heterocycles. The number of amidine groups is 1. The maximum Gasteiger partial charge on any atom is 0.266 e. The molecule has 3 fully saturated rings. The van der Waals surface area contributed by atoms with E-state index in [2.05, 4.69) is 4.90 Å². The number of ether oxygens (including phenoxy) is 3. The molecular weight excluding hydrogens is 462 g/mol. The molecule has 0 spiro atoms. The Bertz CT molecular complexity index is 1120. The highest BCUT2D eigenvalue weighted by molar-refractivity contribution is 8.18. The van der Waals surface area contributed by atoms with Crippen LogP contribution in [-0.4, -0.2) is 62.5 Å². The standard InChI is InChI=1S/C27H31N3O4S/c1-32-23-17-22(29-12-6-7-13-29)24(33-2)15-19(23)16-25-26(31)30(18-21-11-8-14-34-21)27(35-25)28-20-9-4-3-5-10-20/h3-5,9-10,15-17,21H,6-8,11-14,18H2,1-2H3/b25-16+,28-27?/t21-/m0/s1. The third-order valence-corrected chi connectivity index (χ3v) is 7.55. The van der Waals surface area contributed by atoms with Crippen molar-refractivity contribution >= 4 is 40.3 Å². The first-order chi connectivity index (χ1) is 17.2. The van der Waals surface area contributed by atoms with Gasteiger partial charge >= 0.3 is 0 Å². The van der Waals surface area contributed by atoms with Gasteiger partial charge < -0.3 is 19.1 Å². The van der Waals surface area contributed by atoms with Gasteiger partial charge in [0.25, 0.3) is 5.91 Å². The molecule has 2 aromatic rings. The molecule has 35 heavy (non-hydrogen) atoms. The summed E-state index contributed by atoms with van der Waals surface area (Å²) in [5.41, 5.74) is 2.65. The first-order valence-corrected chi connectivity index (χ1v) is 13.0. The molecule has 0 aliphatic carbocycles. The number of benzene rings is 2. The lowest BCUT2D eigenvalue weighted by Gasteiger charge is -2.22. The number of para-hydroxylation sites is 1. The van der Waals surface area contributed by atoms with Crippen molar-refractivity contribution in [2.75, 3.05) is 45.4 Å². The van der Waals surface area contributed by atoms with E-state index in [0.717, 1.165) is 55.2 Å². The predicted octanol–water partition coefficient (Wildman–Crippen LogP) is 5.09. The summed E-state index contributed by atoms with van der Waals surface area (Å²) in [5, 5.41) is 0.669. The lowest BCUT2D eigenvalue weighted by Crippen LogP contribution is -2.36. The number of amides is 1. The van der Waals surface area contributed by atoms with Crippen LogP contribution in [0.1, 0.15) is 31.2 Å². The average molecular weight is 494 g/mol. The van der Waals surface area contributed by atoms with Crippen LogP contribution < -0.4 is 14.4 Å². The molecule has 3 aliphatic heterocycles. The highest BCUT2D eigenvalue weighted by Crippen LogP contribution is 2.41. The molecule has 3 aliphatic rings. The van der Waals surface area contributed by atoms with Crippen LogP contribution in [0.3, 0.4) is 0 Å². The van der Waals surface area contributed by atoms with Gasteiger partial charge in [-0.2, -0.15) is 0 Å². The Balaban J connectivity index is 1.49. The topological polar surface area (TPSA) is 63.6 Å². The van der Waals surface area contributed by atoms with E-state index in [1.54, 1.807) is 19.1 Å². The smallest absolute Gasteiger partial charge is 0.266 e. The zero-order valence-electron chi connectivity index (χ0n) is 20.2. The van der Waals surface area contributed by atoms with Crippen LogP contribution in [0.2, 0.25) is 0 Å². The fraction of sp³-hybridized carbons (Fsp3) is 0.407. The van der Waals surface area contributed by atoms with Crippen LogP contribution >= 0.6 is 11.8 Å². The van der Waals surface area contributed by atoms with Gasteiger partial charge in [0.1, 0.15) is 11.5 Å². The maximum absolute atomic E-state index is 13.5. The Hall–Kier alpha value is -2.97. The molecule has 7 nitrogen and oxygen atoms in total. The van der Waals surface area contributed by atoms with E-state index in [4.69, 9.17) is 19.2 Å². The Morgan fingerprint density at radius 2 is 1.86 bits per heavy atom. The molecule has 1 atom stereocenters. The third-order valence-electron chi connectivity index (χ3n) is 6.54. The monoisotopic (exact) mass is 493 g/mol. The van der Waals surface area contributed by atoms with Crippen molar-refractivity contribution in [3.8, 4) is 11.5 Å². The second-order valence-corrected chi connectivity index (χ2v) is 9.86. The SMILES string of the molecule is COc1cc(N2CCCC2)c(OC)cc1/C=C1/SC(=Nc2ccccc2)N(C[C@@H]2CCCO2)C1=O. The highest BCUT2D eigenvalue weighted by atomic mass is 32.2. The summed E-state index contributed by atoms with van der Waals surface area (Å²) in [7, 11) is 3.34. The predicted molar refractivity (Wildman–Crippen MR) is 141 cm³/mol. The van der Waals surface area contributed by atoms with Crippen molar-refractivity contribution in [3.63, 3.8) is 0 Å². The average Bonchev–Trinajstić information content (AvgIpc) is 3.65. The molecule has 2 aromatic carbocycles. The first-order valence-electron chi connectivity index (χ1n) is 12.1. The van der Waals surface area contributed by atoms with Gasteiger partial charge in [-0.25, -0.2) is 4.99 Å². The molecule has 3 heterocycles. The van der Waals surface area contributed by atoms with Crippen LogP contribution in [0.4, 0.5) is 11.4 Å². The molecule has 0 bridgehead atoms. The van der Waals surface area contributed by atoms with E-state index >= 15 is 0 Å².